The number of pyridine rings is 2. The smallest absolute Gasteiger partial charge is 0.122 e. The summed E-state index contributed by atoms with van der Waals surface area (Å²) in [7, 11) is -4.07. The van der Waals surface area contributed by atoms with Gasteiger partial charge in [0.25, 0.3) is 0 Å². The molecule has 0 aliphatic carbocycles. The van der Waals surface area contributed by atoms with Gasteiger partial charge in [0.15, 0.2) is 0 Å². The van der Waals surface area contributed by atoms with E-state index in [1.165, 1.54) is 115 Å². The van der Waals surface area contributed by atoms with E-state index in [1.54, 1.807) is 45.5 Å². The molecule has 2 aliphatic heterocycles. The van der Waals surface area contributed by atoms with Gasteiger partial charge in [0.2, 0.25) is 0 Å². The number of hydrogen-bond donors (Lipinski definition) is 0. The number of thiophene rings is 4. The third-order valence-electron chi connectivity index (χ3n) is 12.3. The molecule has 4 nitrogen and oxygen atoms in total. The van der Waals surface area contributed by atoms with Crippen molar-refractivity contribution in [2.24, 2.45) is 0 Å². The summed E-state index contributed by atoms with van der Waals surface area (Å²) in [4.78, 5) is 19.6. The van der Waals surface area contributed by atoms with Crippen molar-refractivity contribution in [3.63, 3.8) is 0 Å². The number of fused-ring (bicyclic) bond motifs is 6. The van der Waals surface area contributed by atoms with Crippen LogP contribution in [0.2, 0.25) is 24.2 Å². The van der Waals surface area contributed by atoms with Gasteiger partial charge in [-0.2, -0.15) is 10.5 Å². The first-order valence-electron chi connectivity index (χ1n) is 21.1. The Morgan fingerprint density at radius 3 is 1.17 bits per heavy atom. The zero-order valence-corrected chi connectivity index (χ0v) is 39.3. The largest absolute Gasteiger partial charge is 0.265 e. The fraction of sp³-hybridized carbons (Fsp3) is 0.333. The highest BCUT2D eigenvalue weighted by Gasteiger charge is 2.49. The van der Waals surface area contributed by atoms with E-state index in [-0.39, 0.29) is 0 Å². The summed E-state index contributed by atoms with van der Waals surface area (Å²) < 4.78 is 0. The van der Waals surface area contributed by atoms with Gasteiger partial charge in [-0.1, -0.05) is 79.1 Å². The summed E-state index contributed by atoms with van der Waals surface area (Å²) >= 11 is 7.88. The summed E-state index contributed by atoms with van der Waals surface area (Å²) in [5.74, 6) is 0. The molecule has 0 saturated carbocycles. The number of aromatic nitrogens is 2. The predicted molar refractivity (Wildman–Crippen MR) is 259 cm³/mol. The van der Waals surface area contributed by atoms with E-state index in [2.05, 4.69) is 86.2 Å². The number of rotatable bonds is 17. The summed E-state index contributed by atoms with van der Waals surface area (Å²) in [6.45, 7) is 9.37. The monoisotopic (exact) mass is 866 g/mol. The van der Waals surface area contributed by atoms with Gasteiger partial charge in [0, 0.05) is 63.8 Å². The molecule has 0 amide bonds. The van der Waals surface area contributed by atoms with Crippen LogP contribution in [0.3, 0.4) is 0 Å². The maximum Gasteiger partial charge on any atom is 0.122 e. The zero-order chi connectivity index (χ0) is 40.3. The molecule has 6 aromatic heterocycles. The lowest BCUT2D eigenvalue weighted by Crippen LogP contribution is -2.54. The second-order valence-electron chi connectivity index (χ2n) is 15.9. The highest BCUT2D eigenvalue weighted by Crippen LogP contribution is 2.50. The molecule has 0 bridgehead atoms. The molecule has 294 valence electrons. The number of nitrogens with zero attached hydrogens (tertiary/aromatic N) is 4. The average molecular weight is 867 g/mol. The van der Waals surface area contributed by atoms with Crippen molar-refractivity contribution in [1.82, 2.24) is 9.97 Å². The molecule has 6 aromatic rings. The van der Waals surface area contributed by atoms with Crippen molar-refractivity contribution in [3.8, 4) is 41.4 Å². The highest BCUT2D eigenvalue weighted by atomic mass is 32.1. The first kappa shape index (κ1) is 40.8. The maximum atomic E-state index is 10.2. The fourth-order valence-electron chi connectivity index (χ4n) is 9.32. The highest BCUT2D eigenvalue weighted by molar-refractivity contribution is 7.34. The van der Waals surface area contributed by atoms with Gasteiger partial charge in [-0.15, -0.1) is 45.3 Å². The van der Waals surface area contributed by atoms with Crippen molar-refractivity contribution in [3.05, 3.63) is 94.2 Å². The number of hydrogen-bond acceptors (Lipinski definition) is 8. The van der Waals surface area contributed by atoms with Gasteiger partial charge in [-0.25, -0.2) is 0 Å². The maximum absolute atomic E-state index is 10.2. The van der Waals surface area contributed by atoms with Crippen LogP contribution in [0.15, 0.2) is 73.3 Å². The van der Waals surface area contributed by atoms with Crippen molar-refractivity contribution in [2.45, 2.75) is 103 Å². The Morgan fingerprint density at radius 2 is 0.845 bits per heavy atom. The van der Waals surface area contributed by atoms with Crippen LogP contribution in [0.25, 0.3) is 52.6 Å². The topological polar surface area (TPSA) is 73.4 Å². The molecule has 8 rings (SSSR count). The number of allylic oxidation sites excluding steroid dienone is 2. The van der Waals surface area contributed by atoms with Crippen LogP contribution in [0.4, 0.5) is 0 Å². The van der Waals surface area contributed by atoms with Gasteiger partial charge in [0.1, 0.15) is 16.1 Å². The quantitative estimate of drug-likeness (QED) is 0.0676. The van der Waals surface area contributed by atoms with E-state index in [0.29, 0.717) is 11.1 Å². The van der Waals surface area contributed by atoms with Crippen molar-refractivity contribution >= 4 is 106 Å². The Kier molecular flexibility index (Phi) is 12.4. The lowest BCUT2D eigenvalue weighted by atomic mass is 10.1. The molecule has 0 radical (unpaired) electrons. The molecule has 0 N–H and O–H groups in total. The van der Waals surface area contributed by atoms with E-state index in [9.17, 15) is 10.5 Å². The van der Waals surface area contributed by atoms with Crippen LogP contribution in [-0.4, -0.2) is 26.1 Å². The van der Waals surface area contributed by atoms with Gasteiger partial charge in [0.05, 0.1) is 23.3 Å². The minimum absolute atomic E-state index is 0.698. The van der Waals surface area contributed by atoms with E-state index in [0.717, 1.165) is 11.1 Å². The van der Waals surface area contributed by atoms with Crippen molar-refractivity contribution < 1.29 is 0 Å². The summed E-state index contributed by atoms with van der Waals surface area (Å²) in [6, 6.07) is 28.2. The van der Waals surface area contributed by atoms with E-state index in [1.807, 2.05) is 69.6 Å². The summed E-state index contributed by atoms with van der Waals surface area (Å²) in [6.07, 6.45) is 21.2. The fourth-order valence-corrected chi connectivity index (χ4v) is 28.6. The third kappa shape index (κ3) is 7.31. The Balaban J connectivity index is 1.26. The Bertz CT molecular complexity index is 2370. The predicted octanol–water partition coefficient (Wildman–Crippen LogP) is 12.8. The Morgan fingerprint density at radius 1 is 0.517 bits per heavy atom. The van der Waals surface area contributed by atoms with E-state index < -0.39 is 16.1 Å². The zero-order valence-electron chi connectivity index (χ0n) is 34.0. The third-order valence-corrected chi connectivity index (χ3v) is 28.5. The lowest BCUT2D eigenvalue weighted by molar-refractivity contribution is 0.839. The van der Waals surface area contributed by atoms with Gasteiger partial charge >= 0.3 is 0 Å². The SMILES string of the molecule is CCCC[Si]1(CCCC)c2cc(/C=C(\C#N)c3ccncc3)sc2-c2sc(-c3cc4c(s3)-c3sc(/C=C(\C#N)c5ccncc5)cc3[Si]4(CCCC)CCCC)cc21. The molecule has 2 aliphatic rings. The normalized spacial score (nSPS) is 14.8. The van der Waals surface area contributed by atoms with E-state index >= 15 is 0 Å². The van der Waals surface area contributed by atoms with Gasteiger partial charge < -0.3 is 0 Å². The summed E-state index contributed by atoms with van der Waals surface area (Å²) in [5, 5.41) is 27.0. The molecular weight excluding hydrogens is 817 g/mol. The lowest BCUT2D eigenvalue weighted by Gasteiger charge is -2.29. The average Bonchev–Trinajstić information content (AvgIpc) is 4.11. The van der Waals surface area contributed by atoms with E-state index in [4.69, 9.17) is 0 Å². The van der Waals surface area contributed by atoms with Crippen molar-refractivity contribution in [1.29, 1.82) is 10.5 Å². The number of unbranched alkanes of at least 4 members (excludes halogenated alkanes) is 4. The minimum atomic E-state index is -2.04. The van der Waals surface area contributed by atoms with Crippen molar-refractivity contribution in [2.75, 3.05) is 0 Å². The molecule has 58 heavy (non-hydrogen) atoms. The Labute approximate surface area is 362 Å². The van der Waals surface area contributed by atoms with Crippen LogP contribution in [0, 0.1) is 22.7 Å². The molecule has 0 fully saturated rings. The molecule has 0 spiro atoms. The van der Waals surface area contributed by atoms with Crippen LogP contribution in [0.1, 0.15) is 99.9 Å². The van der Waals surface area contributed by atoms with Crippen LogP contribution < -0.4 is 20.7 Å². The second-order valence-corrected chi connectivity index (χ2v) is 28.6. The Hall–Kier alpha value is -4.01. The van der Waals surface area contributed by atoms with Crippen LogP contribution in [0.5, 0.6) is 0 Å². The second kappa shape index (κ2) is 17.7. The molecular formula is C48H50N4S4Si2. The van der Waals surface area contributed by atoms with Crippen LogP contribution >= 0.6 is 45.3 Å². The molecule has 10 heteroatoms. The van der Waals surface area contributed by atoms with Crippen LogP contribution in [-0.2, 0) is 0 Å². The molecule has 0 unspecified atom stereocenters. The standard InChI is InChI=1S/C48H50N4S4Si2/c1-5-9-21-57(22-10-6-2)41-27-37(25-35(31-49)33-13-17-51-18-14-33)53-45(41)47-43(57)29-39(55-47)40-30-44-48(56-40)46-42(58(44,23-11-7-3)24-12-8-4)28-38(54-46)26-36(32-50)34-15-19-52-20-16-34/h13-20,25-30H,5-12,21-24H2,1-4H3/b35-25+,36-26+. The minimum Gasteiger partial charge on any atom is -0.265 e. The number of nitriles is 2. The molecule has 0 aromatic carbocycles. The molecule has 0 atom stereocenters. The summed E-state index contributed by atoms with van der Waals surface area (Å²) in [5.41, 5.74) is 3.24. The molecule has 0 saturated heterocycles. The first-order chi connectivity index (χ1) is 28.4. The first-order valence-corrected chi connectivity index (χ1v) is 29.2. The van der Waals surface area contributed by atoms with Gasteiger partial charge in [-0.05, 0) is 117 Å². The van der Waals surface area contributed by atoms with Gasteiger partial charge in [-0.3, -0.25) is 9.97 Å². The molecule has 8 heterocycles.